The Morgan fingerprint density at radius 3 is 2.81 bits per heavy atom. The van der Waals surface area contributed by atoms with E-state index in [0.29, 0.717) is 5.69 Å². The molecule has 7 nitrogen and oxygen atoms in total. The van der Waals surface area contributed by atoms with Gasteiger partial charge >= 0.3 is 0 Å². The molecule has 0 spiro atoms. The number of aromatic nitrogens is 2. The van der Waals surface area contributed by atoms with Gasteiger partial charge in [0.05, 0.1) is 11.7 Å². The smallest absolute Gasteiger partial charge is 0.270 e. The summed E-state index contributed by atoms with van der Waals surface area (Å²) in [5.41, 5.74) is 6.53. The van der Waals surface area contributed by atoms with Crippen molar-refractivity contribution in [2.45, 2.75) is 19.9 Å². The molecule has 0 bridgehead atoms. The van der Waals surface area contributed by atoms with Gasteiger partial charge in [-0.3, -0.25) is 9.48 Å². The molecule has 1 atom stereocenters. The van der Waals surface area contributed by atoms with Gasteiger partial charge in [-0.25, -0.2) is 0 Å². The van der Waals surface area contributed by atoms with Crippen LogP contribution in [-0.2, 0) is 7.05 Å². The third kappa shape index (κ3) is 2.50. The summed E-state index contributed by atoms with van der Waals surface area (Å²) < 4.78 is 1.48. The van der Waals surface area contributed by atoms with Crippen LogP contribution < -0.4 is 11.1 Å². The number of amidine groups is 1. The highest BCUT2D eigenvalue weighted by Gasteiger charge is 2.16. The topological polar surface area (TPSA) is 106 Å². The number of oxime groups is 1. The van der Waals surface area contributed by atoms with Crippen molar-refractivity contribution < 1.29 is 10.0 Å². The normalized spacial score (nSPS) is 13.6. The molecule has 1 aromatic rings. The minimum absolute atomic E-state index is 0.0489. The minimum Gasteiger partial charge on any atom is -0.409 e. The lowest BCUT2D eigenvalue weighted by molar-refractivity contribution is 0.0939. The van der Waals surface area contributed by atoms with Gasteiger partial charge in [0.2, 0.25) is 0 Å². The maximum atomic E-state index is 11.7. The van der Waals surface area contributed by atoms with Crippen LogP contribution in [0.4, 0.5) is 0 Å². The Hall–Kier alpha value is -2.05. The first kappa shape index (κ1) is 12.0. The van der Waals surface area contributed by atoms with Gasteiger partial charge in [-0.1, -0.05) is 5.16 Å². The zero-order valence-corrected chi connectivity index (χ0v) is 9.43. The Labute approximate surface area is 92.9 Å². The molecule has 0 fully saturated rings. The average Bonchev–Trinajstić information content (AvgIpc) is 2.56. The second kappa shape index (κ2) is 4.65. The highest BCUT2D eigenvalue weighted by molar-refractivity contribution is 5.97. The molecular formula is C9H15N5O2. The number of nitrogens with two attached hydrogens (primary N) is 1. The Bertz CT molecular complexity index is 424. The van der Waals surface area contributed by atoms with Crippen molar-refractivity contribution in [1.29, 1.82) is 0 Å². The summed E-state index contributed by atoms with van der Waals surface area (Å²) in [5, 5.41) is 17.9. The summed E-state index contributed by atoms with van der Waals surface area (Å²) in [6.07, 6.45) is 0. The predicted octanol–water partition coefficient (Wildman–Crippen LogP) is -0.407. The molecule has 0 saturated carbocycles. The number of rotatable bonds is 3. The van der Waals surface area contributed by atoms with E-state index in [0.717, 1.165) is 5.69 Å². The van der Waals surface area contributed by atoms with Crippen LogP contribution in [0.25, 0.3) is 0 Å². The molecule has 4 N–H and O–H groups in total. The summed E-state index contributed by atoms with van der Waals surface area (Å²) in [7, 11) is 1.68. The molecule has 1 rings (SSSR count). The first-order valence-corrected chi connectivity index (χ1v) is 4.74. The quantitative estimate of drug-likeness (QED) is 0.281. The van der Waals surface area contributed by atoms with E-state index in [4.69, 9.17) is 10.9 Å². The van der Waals surface area contributed by atoms with Crippen LogP contribution in [0.15, 0.2) is 11.2 Å². The van der Waals surface area contributed by atoms with E-state index in [1.807, 2.05) is 0 Å². The molecule has 0 saturated heterocycles. The van der Waals surface area contributed by atoms with Crippen LogP contribution >= 0.6 is 0 Å². The number of nitrogens with zero attached hydrogens (tertiary/aromatic N) is 3. The largest absolute Gasteiger partial charge is 0.409 e. The molecule has 16 heavy (non-hydrogen) atoms. The third-order valence-electron chi connectivity index (χ3n) is 2.14. The lowest BCUT2D eigenvalue weighted by atomic mass is 10.3. The van der Waals surface area contributed by atoms with Gasteiger partial charge in [0.1, 0.15) is 5.69 Å². The highest BCUT2D eigenvalue weighted by atomic mass is 16.4. The van der Waals surface area contributed by atoms with Crippen molar-refractivity contribution in [1.82, 2.24) is 15.1 Å². The number of aryl methyl sites for hydroxylation is 2. The minimum atomic E-state index is -0.535. The van der Waals surface area contributed by atoms with Gasteiger partial charge in [0, 0.05) is 7.05 Å². The molecule has 1 aromatic heterocycles. The molecule has 7 heteroatoms. The predicted molar refractivity (Wildman–Crippen MR) is 58.3 cm³/mol. The fourth-order valence-corrected chi connectivity index (χ4v) is 1.25. The molecule has 1 unspecified atom stereocenters. The number of hydrogen-bond acceptors (Lipinski definition) is 4. The number of hydrogen-bond donors (Lipinski definition) is 3. The second-order valence-corrected chi connectivity index (χ2v) is 3.51. The highest BCUT2D eigenvalue weighted by Crippen LogP contribution is 2.01. The van der Waals surface area contributed by atoms with Crippen molar-refractivity contribution >= 4 is 11.7 Å². The van der Waals surface area contributed by atoms with E-state index in [1.165, 1.54) is 4.68 Å². The summed E-state index contributed by atoms with van der Waals surface area (Å²) in [5.74, 6) is -0.366. The Morgan fingerprint density at radius 1 is 1.75 bits per heavy atom. The average molecular weight is 225 g/mol. The number of carbonyl (C=O) groups excluding carboxylic acids is 1. The zero-order chi connectivity index (χ0) is 12.3. The van der Waals surface area contributed by atoms with E-state index in [9.17, 15) is 4.79 Å². The Balaban J connectivity index is 2.77. The van der Waals surface area contributed by atoms with E-state index in [2.05, 4.69) is 15.6 Å². The van der Waals surface area contributed by atoms with Crippen LogP contribution in [-0.4, -0.2) is 32.8 Å². The van der Waals surface area contributed by atoms with Gasteiger partial charge in [0.25, 0.3) is 5.91 Å². The second-order valence-electron chi connectivity index (χ2n) is 3.51. The van der Waals surface area contributed by atoms with Crippen LogP contribution in [0, 0.1) is 6.92 Å². The molecule has 88 valence electrons. The maximum absolute atomic E-state index is 11.7. The first-order valence-electron chi connectivity index (χ1n) is 4.74. The maximum Gasteiger partial charge on any atom is 0.270 e. The fourth-order valence-electron chi connectivity index (χ4n) is 1.25. The van der Waals surface area contributed by atoms with Gasteiger partial charge < -0.3 is 16.3 Å². The lowest BCUT2D eigenvalue weighted by Crippen LogP contribution is -2.42. The van der Waals surface area contributed by atoms with Crippen molar-refractivity contribution in [2.75, 3.05) is 0 Å². The van der Waals surface area contributed by atoms with Gasteiger partial charge in [-0.2, -0.15) is 5.10 Å². The van der Waals surface area contributed by atoms with Gasteiger partial charge in [-0.15, -0.1) is 0 Å². The zero-order valence-electron chi connectivity index (χ0n) is 9.43. The van der Waals surface area contributed by atoms with E-state index in [-0.39, 0.29) is 11.7 Å². The standard InChI is InChI=1S/C9H15N5O2/c1-5-4-7(14(3)12-5)9(15)11-6(2)8(10)13-16/h4,6,16H,1-3H3,(H2,10,13)(H,11,15). The van der Waals surface area contributed by atoms with E-state index < -0.39 is 6.04 Å². The van der Waals surface area contributed by atoms with Gasteiger partial charge in [0.15, 0.2) is 5.84 Å². The van der Waals surface area contributed by atoms with E-state index >= 15 is 0 Å². The molecule has 1 amide bonds. The molecule has 0 aromatic carbocycles. The SMILES string of the molecule is Cc1cc(C(=O)NC(C)C(N)=NO)n(C)n1. The molecular weight excluding hydrogens is 210 g/mol. The monoisotopic (exact) mass is 225 g/mol. The van der Waals surface area contributed by atoms with Crippen LogP contribution in [0.3, 0.4) is 0 Å². The van der Waals surface area contributed by atoms with Gasteiger partial charge in [-0.05, 0) is 19.9 Å². The Kier molecular flexibility index (Phi) is 3.49. The van der Waals surface area contributed by atoms with Crippen molar-refractivity contribution in [3.05, 3.63) is 17.5 Å². The van der Waals surface area contributed by atoms with Crippen molar-refractivity contribution in [3.63, 3.8) is 0 Å². The molecule has 0 radical (unpaired) electrons. The fraction of sp³-hybridized carbons (Fsp3) is 0.444. The number of carbonyl (C=O) groups is 1. The van der Waals surface area contributed by atoms with Crippen LogP contribution in [0.2, 0.25) is 0 Å². The van der Waals surface area contributed by atoms with Crippen molar-refractivity contribution in [2.24, 2.45) is 17.9 Å². The molecule has 0 aliphatic carbocycles. The summed E-state index contributed by atoms with van der Waals surface area (Å²) in [6, 6.07) is 1.13. The summed E-state index contributed by atoms with van der Waals surface area (Å²) >= 11 is 0. The van der Waals surface area contributed by atoms with Crippen LogP contribution in [0.1, 0.15) is 23.1 Å². The summed E-state index contributed by atoms with van der Waals surface area (Å²) in [4.78, 5) is 11.7. The number of amides is 1. The van der Waals surface area contributed by atoms with Crippen molar-refractivity contribution in [3.8, 4) is 0 Å². The molecule has 1 heterocycles. The lowest BCUT2D eigenvalue weighted by Gasteiger charge is -2.11. The Morgan fingerprint density at radius 2 is 2.38 bits per heavy atom. The summed E-state index contributed by atoms with van der Waals surface area (Å²) in [6.45, 7) is 3.42. The van der Waals surface area contributed by atoms with E-state index in [1.54, 1.807) is 27.0 Å². The third-order valence-corrected chi connectivity index (χ3v) is 2.14. The first-order chi connectivity index (χ1) is 7.45. The number of nitrogens with one attached hydrogen (secondary N) is 1. The van der Waals surface area contributed by atoms with Crippen LogP contribution in [0.5, 0.6) is 0 Å². The molecule has 0 aliphatic rings. The molecule has 0 aliphatic heterocycles.